The van der Waals surface area contributed by atoms with E-state index in [-0.39, 0.29) is 16.8 Å². The first-order valence-corrected chi connectivity index (χ1v) is 6.72. The summed E-state index contributed by atoms with van der Waals surface area (Å²) in [7, 11) is 0. The molecule has 0 aliphatic heterocycles. The third kappa shape index (κ3) is 3.06. The number of fused-ring (bicyclic) bond motifs is 1. The number of nitro benzene ring substituents is 1. The summed E-state index contributed by atoms with van der Waals surface area (Å²) in [6, 6.07) is 11.1. The highest BCUT2D eigenvalue weighted by Crippen LogP contribution is 2.24. The molecule has 2 aromatic carbocycles. The summed E-state index contributed by atoms with van der Waals surface area (Å²) in [5.74, 6) is -1.11. The van der Waals surface area contributed by atoms with E-state index in [1.807, 2.05) is 0 Å². The van der Waals surface area contributed by atoms with E-state index in [0.29, 0.717) is 11.1 Å². The first-order chi connectivity index (χ1) is 11.0. The van der Waals surface area contributed by atoms with Crippen LogP contribution in [0.15, 0.2) is 48.5 Å². The molecule has 0 aliphatic rings. The standard InChI is InChI=1S/C17H10F2N2O2/c18-13-6-9-15(19)12(10-13)5-8-14-7-4-11-2-1-3-16(21(22)23)17(11)20-14/h1-10H/b8-5+. The van der Waals surface area contributed by atoms with Gasteiger partial charge in [-0.15, -0.1) is 0 Å². The van der Waals surface area contributed by atoms with Crippen LogP contribution in [-0.2, 0) is 0 Å². The maximum absolute atomic E-state index is 13.6. The lowest BCUT2D eigenvalue weighted by atomic mass is 10.1. The number of nitro groups is 1. The minimum atomic E-state index is -0.561. The van der Waals surface area contributed by atoms with Gasteiger partial charge in [-0.1, -0.05) is 18.2 Å². The third-order valence-corrected chi connectivity index (χ3v) is 3.31. The predicted octanol–water partition coefficient (Wildman–Crippen LogP) is 4.59. The molecule has 0 bridgehead atoms. The van der Waals surface area contributed by atoms with Crippen molar-refractivity contribution in [2.75, 3.05) is 0 Å². The summed E-state index contributed by atoms with van der Waals surface area (Å²) >= 11 is 0. The largest absolute Gasteiger partial charge is 0.295 e. The quantitative estimate of drug-likeness (QED) is 0.525. The molecule has 0 saturated carbocycles. The number of hydrogen-bond acceptors (Lipinski definition) is 3. The fourth-order valence-corrected chi connectivity index (χ4v) is 2.20. The normalized spacial score (nSPS) is 11.2. The first kappa shape index (κ1) is 14.8. The van der Waals surface area contributed by atoms with E-state index in [1.54, 1.807) is 24.3 Å². The summed E-state index contributed by atoms with van der Waals surface area (Å²) in [4.78, 5) is 14.8. The first-order valence-electron chi connectivity index (χ1n) is 6.72. The molecule has 0 fully saturated rings. The van der Waals surface area contributed by atoms with Gasteiger partial charge in [0.25, 0.3) is 5.69 Å². The Bertz CT molecular complexity index is 939. The highest BCUT2D eigenvalue weighted by Gasteiger charge is 2.12. The Hall–Kier alpha value is -3.15. The average Bonchev–Trinajstić information content (AvgIpc) is 2.54. The van der Waals surface area contributed by atoms with Crippen molar-refractivity contribution in [3.05, 3.63) is 81.5 Å². The third-order valence-electron chi connectivity index (χ3n) is 3.31. The molecule has 6 heteroatoms. The Morgan fingerprint density at radius 3 is 2.65 bits per heavy atom. The number of halogens is 2. The zero-order chi connectivity index (χ0) is 16.4. The van der Waals surface area contributed by atoms with E-state index >= 15 is 0 Å². The fraction of sp³-hybridized carbons (Fsp3) is 0. The Labute approximate surface area is 129 Å². The van der Waals surface area contributed by atoms with Gasteiger partial charge in [-0.05, 0) is 36.4 Å². The van der Waals surface area contributed by atoms with Crippen LogP contribution >= 0.6 is 0 Å². The fourth-order valence-electron chi connectivity index (χ4n) is 2.20. The lowest BCUT2D eigenvalue weighted by molar-refractivity contribution is -0.383. The van der Waals surface area contributed by atoms with E-state index in [9.17, 15) is 18.9 Å². The minimum Gasteiger partial charge on any atom is -0.258 e. The van der Waals surface area contributed by atoms with Gasteiger partial charge in [-0.3, -0.25) is 10.1 Å². The molecule has 0 N–H and O–H groups in total. The van der Waals surface area contributed by atoms with Crippen LogP contribution in [0.2, 0.25) is 0 Å². The van der Waals surface area contributed by atoms with Crippen molar-refractivity contribution in [1.82, 2.24) is 4.98 Å². The van der Waals surface area contributed by atoms with Crippen LogP contribution in [0.25, 0.3) is 23.1 Å². The molecular weight excluding hydrogens is 302 g/mol. The van der Waals surface area contributed by atoms with Crippen molar-refractivity contribution >= 4 is 28.7 Å². The molecule has 0 unspecified atom stereocenters. The second kappa shape index (κ2) is 5.92. The van der Waals surface area contributed by atoms with E-state index in [2.05, 4.69) is 4.98 Å². The summed E-state index contributed by atoms with van der Waals surface area (Å²) in [5.41, 5.74) is 0.638. The molecule has 4 nitrogen and oxygen atoms in total. The number of rotatable bonds is 3. The SMILES string of the molecule is O=[N+]([O-])c1cccc2ccc(/C=C/c3cc(F)ccc3F)nc12. The summed E-state index contributed by atoms with van der Waals surface area (Å²) in [6.07, 6.45) is 2.86. The molecule has 0 radical (unpaired) electrons. The minimum absolute atomic E-state index is 0.0782. The van der Waals surface area contributed by atoms with Crippen LogP contribution < -0.4 is 0 Å². The Morgan fingerprint density at radius 2 is 1.87 bits per heavy atom. The molecule has 23 heavy (non-hydrogen) atoms. The molecule has 1 heterocycles. The van der Waals surface area contributed by atoms with Gasteiger partial charge in [0.05, 0.1) is 10.6 Å². The lowest BCUT2D eigenvalue weighted by Crippen LogP contribution is -1.92. The Kier molecular flexibility index (Phi) is 3.80. The van der Waals surface area contributed by atoms with E-state index < -0.39 is 16.6 Å². The van der Waals surface area contributed by atoms with Crippen LogP contribution in [-0.4, -0.2) is 9.91 Å². The molecule has 0 aliphatic carbocycles. The van der Waals surface area contributed by atoms with Crippen molar-refractivity contribution in [3.63, 3.8) is 0 Å². The lowest BCUT2D eigenvalue weighted by Gasteiger charge is -2.01. The highest BCUT2D eigenvalue weighted by atomic mass is 19.1. The number of aromatic nitrogens is 1. The van der Waals surface area contributed by atoms with Crippen LogP contribution in [0.1, 0.15) is 11.3 Å². The number of non-ortho nitro benzene ring substituents is 1. The summed E-state index contributed by atoms with van der Waals surface area (Å²) in [6.45, 7) is 0. The van der Waals surface area contributed by atoms with Crippen LogP contribution in [0.5, 0.6) is 0 Å². The average molecular weight is 312 g/mol. The molecule has 0 amide bonds. The van der Waals surface area contributed by atoms with Gasteiger partial charge in [0.15, 0.2) is 0 Å². The number of nitrogens with zero attached hydrogens (tertiary/aromatic N) is 2. The topological polar surface area (TPSA) is 56.0 Å². The van der Waals surface area contributed by atoms with Crippen LogP contribution in [0, 0.1) is 21.7 Å². The second-order valence-corrected chi connectivity index (χ2v) is 4.84. The zero-order valence-electron chi connectivity index (χ0n) is 11.7. The van der Waals surface area contributed by atoms with Crippen LogP contribution in [0.3, 0.4) is 0 Å². The molecule has 0 atom stereocenters. The van der Waals surface area contributed by atoms with Gasteiger partial charge in [-0.2, -0.15) is 0 Å². The van der Waals surface area contributed by atoms with Gasteiger partial charge < -0.3 is 0 Å². The van der Waals surface area contributed by atoms with Crippen molar-refractivity contribution in [3.8, 4) is 0 Å². The van der Waals surface area contributed by atoms with Gasteiger partial charge in [0, 0.05) is 17.0 Å². The number of benzene rings is 2. The van der Waals surface area contributed by atoms with Gasteiger partial charge in [0.1, 0.15) is 17.2 Å². The van der Waals surface area contributed by atoms with Gasteiger partial charge >= 0.3 is 0 Å². The monoisotopic (exact) mass is 312 g/mol. The maximum Gasteiger partial charge on any atom is 0.295 e. The molecule has 3 aromatic rings. The Morgan fingerprint density at radius 1 is 1.04 bits per heavy atom. The van der Waals surface area contributed by atoms with E-state index in [0.717, 1.165) is 18.2 Å². The molecule has 0 saturated heterocycles. The molecular formula is C17H10F2N2O2. The number of para-hydroxylation sites is 1. The zero-order valence-corrected chi connectivity index (χ0v) is 11.7. The maximum atomic E-state index is 13.6. The summed E-state index contributed by atoms with van der Waals surface area (Å²) in [5, 5.41) is 11.7. The van der Waals surface area contributed by atoms with Gasteiger partial charge in [0.2, 0.25) is 0 Å². The van der Waals surface area contributed by atoms with E-state index in [4.69, 9.17) is 0 Å². The second-order valence-electron chi connectivity index (χ2n) is 4.84. The molecule has 0 spiro atoms. The van der Waals surface area contributed by atoms with E-state index in [1.165, 1.54) is 18.2 Å². The molecule has 114 valence electrons. The van der Waals surface area contributed by atoms with Crippen molar-refractivity contribution in [2.45, 2.75) is 0 Å². The highest BCUT2D eigenvalue weighted by molar-refractivity contribution is 5.88. The van der Waals surface area contributed by atoms with Crippen LogP contribution in [0.4, 0.5) is 14.5 Å². The van der Waals surface area contributed by atoms with Crippen molar-refractivity contribution < 1.29 is 13.7 Å². The van der Waals surface area contributed by atoms with Crippen molar-refractivity contribution in [2.24, 2.45) is 0 Å². The molecule has 1 aromatic heterocycles. The van der Waals surface area contributed by atoms with Crippen molar-refractivity contribution in [1.29, 1.82) is 0 Å². The molecule has 3 rings (SSSR count). The smallest absolute Gasteiger partial charge is 0.258 e. The van der Waals surface area contributed by atoms with Gasteiger partial charge in [-0.25, -0.2) is 13.8 Å². The number of pyridine rings is 1. The Balaban J connectivity index is 2.03. The summed E-state index contributed by atoms with van der Waals surface area (Å²) < 4.78 is 26.7. The number of hydrogen-bond donors (Lipinski definition) is 0. The predicted molar refractivity (Wildman–Crippen MR) is 83.7 cm³/mol.